The van der Waals surface area contributed by atoms with Gasteiger partial charge in [0.05, 0.1) is 17.5 Å². The van der Waals surface area contributed by atoms with Gasteiger partial charge >= 0.3 is 0 Å². The van der Waals surface area contributed by atoms with E-state index in [0.29, 0.717) is 10.8 Å². The third kappa shape index (κ3) is 4.20. The van der Waals surface area contributed by atoms with Gasteiger partial charge in [0.15, 0.2) is 0 Å². The van der Waals surface area contributed by atoms with E-state index in [1.807, 2.05) is 11.4 Å². The fraction of sp³-hybridized carbons (Fsp3) is 0.333. The van der Waals surface area contributed by atoms with Crippen molar-refractivity contribution in [1.29, 1.82) is 0 Å². The fourth-order valence-corrected chi connectivity index (χ4v) is 3.20. The molecular formula is C18H20N2O2S. The van der Waals surface area contributed by atoms with Crippen molar-refractivity contribution in [3.05, 3.63) is 57.8 Å². The number of benzene rings is 1. The summed E-state index contributed by atoms with van der Waals surface area (Å²) in [6.45, 7) is 2.06. The maximum absolute atomic E-state index is 12.2. The molecule has 2 aromatic rings. The Labute approximate surface area is 139 Å². The number of hydrogen-bond acceptors (Lipinski definition) is 3. The lowest BCUT2D eigenvalue weighted by Gasteiger charge is -2.19. The first-order valence-electron chi connectivity index (χ1n) is 7.81. The molecule has 0 bridgehead atoms. The van der Waals surface area contributed by atoms with Crippen molar-refractivity contribution < 1.29 is 9.59 Å². The smallest absolute Gasteiger partial charge is 0.261 e. The second-order valence-electron chi connectivity index (χ2n) is 5.95. The Morgan fingerprint density at radius 2 is 1.96 bits per heavy atom. The largest absolute Gasteiger partial charge is 0.347 e. The third-order valence-electron chi connectivity index (χ3n) is 4.00. The lowest BCUT2D eigenvalue weighted by Crippen LogP contribution is -2.39. The number of nitrogens with one attached hydrogen (secondary N) is 2. The summed E-state index contributed by atoms with van der Waals surface area (Å²) in [5, 5.41) is 7.58. The first-order valence-corrected chi connectivity index (χ1v) is 8.69. The van der Waals surface area contributed by atoms with E-state index in [4.69, 9.17) is 0 Å². The molecule has 0 aliphatic heterocycles. The van der Waals surface area contributed by atoms with Crippen molar-refractivity contribution in [1.82, 2.24) is 10.6 Å². The highest BCUT2D eigenvalue weighted by atomic mass is 32.1. The summed E-state index contributed by atoms with van der Waals surface area (Å²) in [6, 6.07) is 11.9. The highest BCUT2D eigenvalue weighted by Gasteiger charge is 2.33. The maximum atomic E-state index is 12.2. The molecule has 2 amide bonds. The number of carbonyl (C=O) groups is 2. The van der Waals surface area contributed by atoms with Crippen LogP contribution in [0.25, 0.3) is 0 Å². The molecule has 5 heteroatoms. The minimum absolute atomic E-state index is 0.00577. The number of aryl methyl sites for hydroxylation is 1. The van der Waals surface area contributed by atoms with E-state index in [1.165, 1.54) is 16.9 Å². The molecule has 1 aromatic heterocycles. The van der Waals surface area contributed by atoms with Gasteiger partial charge in [0.1, 0.15) is 0 Å². The number of amides is 2. The highest BCUT2D eigenvalue weighted by Crippen LogP contribution is 2.40. The Morgan fingerprint density at radius 1 is 1.22 bits per heavy atom. The molecule has 0 radical (unpaired) electrons. The molecule has 0 saturated heterocycles. The van der Waals surface area contributed by atoms with E-state index in [-0.39, 0.29) is 24.4 Å². The van der Waals surface area contributed by atoms with E-state index in [2.05, 4.69) is 41.8 Å². The molecule has 1 aliphatic rings. The quantitative estimate of drug-likeness (QED) is 0.856. The normalized spacial score (nSPS) is 15.0. The minimum atomic E-state index is -0.201. The molecule has 1 fully saturated rings. The van der Waals surface area contributed by atoms with Gasteiger partial charge in [-0.25, -0.2) is 0 Å². The first kappa shape index (κ1) is 15.7. The van der Waals surface area contributed by atoms with Gasteiger partial charge in [-0.3, -0.25) is 9.59 Å². The molecule has 1 atom stereocenters. The van der Waals surface area contributed by atoms with Crippen LogP contribution >= 0.6 is 11.3 Å². The average molecular weight is 328 g/mol. The Morgan fingerprint density at radius 3 is 2.57 bits per heavy atom. The van der Waals surface area contributed by atoms with Gasteiger partial charge in [-0.05, 0) is 42.7 Å². The van der Waals surface area contributed by atoms with Gasteiger partial charge in [0.2, 0.25) is 5.91 Å². The van der Waals surface area contributed by atoms with Gasteiger partial charge in [-0.15, -0.1) is 11.3 Å². The molecular weight excluding hydrogens is 308 g/mol. The molecule has 120 valence electrons. The fourth-order valence-electron chi connectivity index (χ4n) is 2.56. The van der Waals surface area contributed by atoms with Crippen LogP contribution in [0.1, 0.15) is 39.7 Å². The Balaban J connectivity index is 1.56. The van der Waals surface area contributed by atoms with Crippen LogP contribution in [0, 0.1) is 12.8 Å². The Hall–Kier alpha value is -2.14. The van der Waals surface area contributed by atoms with Crippen molar-refractivity contribution >= 4 is 23.2 Å². The first-order chi connectivity index (χ1) is 11.1. The molecule has 1 unspecified atom stereocenters. The van der Waals surface area contributed by atoms with Crippen LogP contribution in [0.3, 0.4) is 0 Å². The summed E-state index contributed by atoms with van der Waals surface area (Å²) in [5.74, 6) is 0.162. The second kappa shape index (κ2) is 6.96. The van der Waals surface area contributed by atoms with E-state index in [1.54, 1.807) is 6.07 Å². The van der Waals surface area contributed by atoms with Gasteiger partial charge < -0.3 is 10.6 Å². The Kier molecular flexibility index (Phi) is 4.76. The third-order valence-corrected chi connectivity index (χ3v) is 4.87. The van der Waals surface area contributed by atoms with E-state index < -0.39 is 0 Å². The van der Waals surface area contributed by atoms with Crippen LogP contribution in [0.2, 0.25) is 0 Å². The monoisotopic (exact) mass is 328 g/mol. The zero-order chi connectivity index (χ0) is 16.2. The zero-order valence-corrected chi connectivity index (χ0v) is 13.9. The van der Waals surface area contributed by atoms with Gasteiger partial charge in [0, 0.05) is 0 Å². The minimum Gasteiger partial charge on any atom is -0.347 e. The number of hydrogen-bond donors (Lipinski definition) is 2. The van der Waals surface area contributed by atoms with Crippen molar-refractivity contribution in [3.8, 4) is 0 Å². The molecule has 3 rings (SSSR count). The molecule has 4 nitrogen and oxygen atoms in total. The van der Waals surface area contributed by atoms with Crippen molar-refractivity contribution in [3.63, 3.8) is 0 Å². The van der Waals surface area contributed by atoms with Crippen LogP contribution in [-0.2, 0) is 4.79 Å². The lowest BCUT2D eigenvalue weighted by molar-refractivity contribution is -0.121. The molecule has 23 heavy (non-hydrogen) atoms. The average Bonchev–Trinajstić information content (AvgIpc) is 3.24. The van der Waals surface area contributed by atoms with Crippen molar-refractivity contribution in [2.45, 2.75) is 25.8 Å². The number of thiophene rings is 1. The maximum Gasteiger partial charge on any atom is 0.261 e. The van der Waals surface area contributed by atoms with Crippen LogP contribution < -0.4 is 10.6 Å². The Bertz CT molecular complexity index is 676. The van der Waals surface area contributed by atoms with Gasteiger partial charge in [0.25, 0.3) is 5.91 Å². The predicted molar refractivity (Wildman–Crippen MR) is 91.4 cm³/mol. The predicted octanol–water partition coefficient (Wildman–Crippen LogP) is 3.05. The standard InChI is InChI=1S/C18H20N2O2S/c1-12-4-6-13(7-5-12)17(14-8-9-14)20-16(21)11-19-18(22)15-3-2-10-23-15/h2-7,10,14,17H,8-9,11H2,1H3,(H,19,22)(H,20,21). The van der Waals surface area contributed by atoms with Gasteiger partial charge in [-0.2, -0.15) is 0 Å². The van der Waals surface area contributed by atoms with Crippen LogP contribution in [0.4, 0.5) is 0 Å². The molecule has 0 spiro atoms. The molecule has 1 aromatic carbocycles. The van der Waals surface area contributed by atoms with E-state index >= 15 is 0 Å². The summed E-state index contributed by atoms with van der Waals surface area (Å²) in [4.78, 5) is 24.7. The summed E-state index contributed by atoms with van der Waals surface area (Å²) in [7, 11) is 0. The van der Waals surface area contributed by atoms with Crippen molar-refractivity contribution in [2.24, 2.45) is 5.92 Å². The van der Waals surface area contributed by atoms with Crippen LogP contribution in [0.15, 0.2) is 41.8 Å². The molecule has 1 saturated carbocycles. The number of rotatable bonds is 6. The number of carbonyl (C=O) groups excluding carboxylic acids is 2. The SMILES string of the molecule is Cc1ccc(C(NC(=O)CNC(=O)c2cccs2)C2CC2)cc1. The van der Waals surface area contributed by atoms with Crippen LogP contribution in [-0.4, -0.2) is 18.4 Å². The van der Waals surface area contributed by atoms with Crippen molar-refractivity contribution in [2.75, 3.05) is 6.54 Å². The molecule has 1 aliphatic carbocycles. The summed E-state index contributed by atoms with van der Waals surface area (Å²) in [5.41, 5.74) is 2.34. The second-order valence-corrected chi connectivity index (χ2v) is 6.90. The molecule has 1 heterocycles. The van der Waals surface area contributed by atoms with Crippen LogP contribution in [0.5, 0.6) is 0 Å². The van der Waals surface area contributed by atoms with E-state index in [9.17, 15) is 9.59 Å². The topological polar surface area (TPSA) is 58.2 Å². The summed E-state index contributed by atoms with van der Waals surface area (Å²) in [6.07, 6.45) is 2.28. The molecule has 2 N–H and O–H groups in total. The summed E-state index contributed by atoms with van der Waals surface area (Å²) < 4.78 is 0. The zero-order valence-electron chi connectivity index (χ0n) is 13.0. The summed E-state index contributed by atoms with van der Waals surface area (Å²) >= 11 is 1.37. The van der Waals surface area contributed by atoms with E-state index in [0.717, 1.165) is 18.4 Å². The van der Waals surface area contributed by atoms with Gasteiger partial charge in [-0.1, -0.05) is 35.9 Å². The lowest BCUT2D eigenvalue weighted by atomic mass is 10.0. The highest BCUT2D eigenvalue weighted by molar-refractivity contribution is 7.12.